The predicted octanol–water partition coefficient (Wildman–Crippen LogP) is 19.0. The molecular weight excluding hydrogens is 1170 g/mol. The smallest absolute Gasteiger partial charge is 0.198 e. The lowest BCUT2D eigenvalue weighted by Gasteiger charge is -2.30. The van der Waals surface area contributed by atoms with Crippen LogP contribution < -0.4 is 19.6 Å². The van der Waals surface area contributed by atoms with E-state index in [1.807, 2.05) is 229 Å². The number of Topliss-reactive ketones (excluding diaryl/α,β-unsaturated/α-hetero) is 4. The average molecular weight is 1230 g/mol. The second-order valence-electron chi connectivity index (χ2n) is 24.7. The second kappa shape index (κ2) is 21.8. The Balaban J connectivity index is 0.794. The van der Waals surface area contributed by atoms with E-state index in [2.05, 4.69) is 67.8 Å². The number of benzene rings is 11. The zero-order chi connectivity index (χ0) is 64.5. The zero-order valence-corrected chi connectivity index (χ0v) is 52.4. The van der Waals surface area contributed by atoms with E-state index in [1.165, 1.54) is 0 Å². The van der Waals surface area contributed by atoms with Crippen molar-refractivity contribution < 1.29 is 19.2 Å². The molecule has 452 valence electrons. The minimum Gasteiger partial charge on any atom is -0.288 e. The van der Waals surface area contributed by atoms with E-state index in [0.717, 1.165) is 88.7 Å². The largest absolute Gasteiger partial charge is 0.288 e. The van der Waals surface area contributed by atoms with Crippen LogP contribution in [0.1, 0.15) is 76.2 Å². The van der Waals surface area contributed by atoms with Crippen LogP contribution in [0.3, 0.4) is 0 Å². The molecule has 4 heterocycles. The van der Waals surface area contributed by atoms with Crippen LogP contribution in [0.5, 0.6) is 0 Å². The van der Waals surface area contributed by atoms with Crippen molar-refractivity contribution in [1.82, 2.24) is 19.9 Å². The van der Waals surface area contributed by atoms with Crippen molar-refractivity contribution in [1.29, 1.82) is 0 Å². The van der Waals surface area contributed by atoms with Crippen LogP contribution in [0.4, 0.5) is 46.0 Å². The molecule has 0 unspecified atom stereocenters. The number of carbonyl (C=O) groups excluding carboxylic acids is 4. The summed E-state index contributed by atoms with van der Waals surface area (Å²) >= 11 is 0. The Hall–Kier alpha value is -12.5. The maximum Gasteiger partial charge on any atom is 0.198 e. The maximum atomic E-state index is 15.5. The molecule has 11 aromatic carbocycles. The number of allylic oxidation sites excluding steroid dienone is 6. The van der Waals surface area contributed by atoms with Crippen LogP contribution in [-0.2, 0) is 0 Å². The van der Waals surface area contributed by atoms with Gasteiger partial charge in [0.05, 0.1) is 44.6 Å². The molecule has 2 aliphatic carbocycles. The van der Waals surface area contributed by atoms with Gasteiger partial charge in [0.15, 0.2) is 46.4 Å². The summed E-state index contributed by atoms with van der Waals surface area (Å²) in [6, 6.07) is 77.0. The van der Waals surface area contributed by atoms with Gasteiger partial charge in [-0.15, -0.1) is 0 Å². The first-order chi connectivity index (χ1) is 46.3. The Labute approximate surface area is 547 Å². The summed E-state index contributed by atoms with van der Waals surface area (Å²) in [6.45, 7) is 10.3. The molecule has 0 saturated heterocycles. The molecule has 0 bridgehead atoms. The van der Waals surface area contributed by atoms with Gasteiger partial charge in [0.2, 0.25) is 0 Å². The summed E-state index contributed by atoms with van der Waals surface area (Å²) in [4.78, 5) is 89.7. The van der Waals surface area contributed by atoms with E-state index in [9.17, 15) is 9.59 Å². The Bertz CT molecular complexity index is 5530. The van der Waals surface area contributed by atoms with Crippen molar-refractivity contribution in [3.8, 4) is 11.1 Å². The van der Waals surface area contributed by atoms with Gasteiger partial charge in [-0.1, -0.05) is 158 Å². The lowest BCUT2D eigenvalue weighted by molar-refractivity contribution is 0.0973. The van der Waals surface area contributed by atoms with Crippen molar-refractivity contribution in [2.45, 2.75) is 34.6 Å². The number of ketones is 4. The summed E-state index contributed by atoms with van der Waals surface area (Å²) in [6.07, 6.45) is 3.69. The highest BCUT2D eigenvalue weighted by atomic mass is 16.2. The molecule has 0 radical (unpaired) electrons. The lowest BCUT2D eigenvalue weighted by Crippen LogP contribution is -2.26. The molecule has 2 aromatic heterocycles. The minimum atomic E-state index is -0.374. The molecule has 0 N–H and O–H groups in total. The summed E-state index contributed by atoms with van der Waals surface area (Å²) in [7, 11) is 0. The van der Waals surface area contributed by atoms with Crippen molar-refractivity contribution >= 4 is 118 Å². The molecule has 13 aromatic rings. The number of anilines is 8. The molecule has 12 nitrogen and oxygen atoms in total. The van der Waals surface area contributed by atoms with Crippen molar-refractivity contribution in [3.63, 3.8) is 0 Å². The molecule has 0 atom stereocenters. The fourth-order valence-electron chi connectivity index (χ4n) is 14.2. The number of aromatic nitrogens is 4. The SMILES string of the molecule is C/C(C=C1C(=O)c2cc3ccccc3cc2C1=O)=C1\N(c2c(C)cccc2C)c2nc3ccc(-c4ccc5cc6c(cc5c4)C(=O)/C(=C(\C=C4N(c5ccccc5)c5nc7ccccc7nc5N4c4ccccc4)c4ccccc4)C6=O)cc3nc2N1c1c(C)cccc1C. The van der Waals surface area contributed by atoms with Gasteiger partial charge in [0, 0.05) is 39.2 Å². The zero-order valence-electron chi connectivity index (χ0n) is 52.4. The third kappa shape index (κ3) is 8.97. The van der Waals surface area contributed by atoms with Crippen LogP contribution in [0.15, 0.2) is 277 Å². The lowest BCUT2D eigenvalue weighted by atomic mass is 9.96. The summed E-state index contributed by atoms with van der Waals surface area (Å²) in [5, 5.41) is 3.36. The molecule has 0 amide bonds. The average Bonchev–Trinajstić information content (AvgIpc) is 1.57. The second-order valence-corrected chi connectivity index (χ2v) is 24.7. The monoisotopic (exact) mass is 1230 g/mol. The number of hydrogen-bond donors (Lipinski definition) is 0. The van der Waals surface area contributed by atoms with Crippen LogP contribution >= 0.6 is 0 Å². The molecule has 95 heavy (non-hydrogen) atoms. The summed E-state index contributed by atoms with van der Waals surface area (Å²) < 4.78 is 0. The van der Waals surface area contributed by atoms with Crippen molar-refractivity contribution in [2.24, 2.45) is 0 Å². The van der Waals surface area contributed by atoms with Gasteiger partial charge in [0.1, 0.15) is 11.6 Å². The summed E-state index contributed by atoms with van der Waals surface area (Å²) in [5.41, 5.74) is 15.3. The Morgan fingerprint density at radius 2 is 0.747 bits per heavy atom. The number of hydrogen-bond acceptors (Lipinski definition) is 12. The van der Waals surface area contributed by atoms with Crippen LogP contribution in [0.2, 0.25) is 0 Å². The maximum absolute atomic E-state index is 15.5. The van der Waals surface area contributed by atoms with E-state index in [1.54, 1.807) is 6.08 Å². The standard InChI is InChI=1S/C83H56N8O4/c1-47-21-19-22-48(2)73(47)90-81-82(91(74-49(3)23-20-24-50(74)4)83(90)51(5)39-66-75(92)62-41-53-27-15-16-28-54(53)42-63(62)76(66)93)87-70-45-57(37-38-69(70)86-81)55-35-36-56-43-64-65(44-58(56)40-55)78(95)72(77(64)94)61(52-25-9-6-10-26-52)46-71-88(59-29-11-7-12-30-59)79-80(89(71)60-31-13-8-14-32-60)85-68-34-18-17-33-67(68)84-79/h6-46H,1-5H3/b72-61+,83-51-. The highest BCUT2D eigenvalue weighted by molar-refractivity contribution is 6.44. The van der Waals surface area contributed by atoms with Gasteiger partial charge in [0.25, 0.3) is 0 Å². The molecule has 12 heteroatoms. The number of aryl methyl sites for hydroxylation is 4. The highest BCUT2D eigenvalue weighted by Gasteiger charge is 2.43. The molecule has 17 rings (SSSR count). The number of carbonyl (C=O) groups is 4. The molecule has 4 aliphatic rings. The Morgan fingerprint density at radius 3 is 1.26 bits per heavy atom. The van der Waals surface area contributed by atoms with E-state index in [0.29, 0.717) is 84.9 Å². The van der Waals surface area contributed by atoms with Gasteiger partial charge in [-0.05, 0) is 192 Å². The Morgan fingerprint density at radius 1 is 0.347 bits per heavy atom. The Kier molecular flexibility index (Phi) is 13.0. The number of para-hydroxylation sites is 6. The molecule has 0 fully saturated rings. The van der Waals surface area contributed by atoms with Gasteiger partial charge in [-0.2, -0.15) is 0 Å². The number of fused-ring (bicyclic) bond motifs is 8. The van der Waals surface area contributed by atoms with E-state index in [4.69, 9.17) is 19.9 Å². The highest BCUT2D eigenvalue weighted by Crippen LogP contribution is 2.54. The predicted molar refractivity (Wildman–Crippen MR) is 379 cm³/mol. The third-order valence-electron chi connectivity index (χ3n) is 18.7. The van der Waals surface area contributed by atoms with Gasteiger partial charge < -0.3 is 0 Å². The van der Waals surface area contributed by atoms with E-state index >= 15 is 9.59 Å². The molecular formula is C83H56N8O4. The molecule has 2 aliphatic heterocycles. The fraction of sp³-hybridized carbons (Fsp3) is 0.0602. The fourth-order valence-corrected chi connectivity index (χ4v) is 14.2. The van der Waals surface area contributed by atoms with Crippen LogP contribution in [-0.4, -0.2) is 43.1 Å². The van der Waals surface area contributed by atoms with E-state index in [-0.39, 0.29) is 34.3 Å². The van der Waals surface area contributed by atoms with Gasteiger partial charge in [-0.3, -0.25) is 38.8 Å². The first-order valence-electron chi connectivity index (χ1n) is 31.6. The molecule has 0 spiro atoms. The van der Waals surface area contributed by atoms with Crippen LogP contribution in [0, 0.1) is 27.7 Å². The number of nitrogens with zero attached hydrogens (tertiary/aromatic N) is 8. The third-order valence-corrected chi connectivity index (χ3v) is 18.7. The summed E-state index contributed by atoms with van der Waals surface area (Å²) in [5.74, 6) is 2.33. The van der Waals surface area contributed by atoms with E-state index < -0.39 is 0 Å². The van der Waals surface area contributed by atoms with Gasteiger partial charge in [-0.25, -0.2) is 19.9 Å². The number of rotatable bonds is 8. The van der Waals surface area contributed by atoms with Crippen molar-refractivity contribution in [3.05, 3.63) is 327 Å². The quantitative estimate of drug-likeness (QED) is 0.106. The topological polar surface area (TPSA) is 133 Å². The van der Waals surface area contributed by atoms with Crippen molar-refractivity contribution in [2.75, 3.05) is 19.6 Å². The minimum absolute atomic E-state index is 0.0636. The first-order valence-corrected chi connectivity index (χ1v) is 31.6. The molecule has 0 saturated carbocycles. The van der Waals surface area contributed by atoms with Gasteiger partial charge >= 0.3 is 0 Å². The first kappa shape index (κ1) is 56.4. The van der Waals surface area contributed by atoms with Crippen LogP contribution in [0.25, 0.3) is 60.3 Å². The normalized spacial score (nSPS) is 15.2.